The first kappa shape index (κ1) is 25.6. The highest BCUT2D eigenvalue weighted by atomic mass is 32.2. The molecule has 0 radical (unpaired) electrons. The summed E-state index contributed by atoms with van der Waals surface area (Å²) in [6, 6.07) is 17.2. The number of aliphatic imine (C=N–C) groups is 1. The molecule has 0 saturated carbocycles. The molecule has 2 aliphatic heterocycles. The number of carbonyl (C=O) groups excluding carboxylic acids is 2. The summed E-state index contributed by atoms with van der Waals surface area (Å²) in [5.41, 5.74) is 3.77. The standard InChI is InChI=1S/C28H31N3O4S/c1-5-34-27(33)25-19(4)30-28-31(22(17-36-28)15-24(32)29-18(2)3)26(25)21-12-9-13-23(14-21)35-16-20-10-7-6-8-11-20/h6-14,17-18,26H,5,15-16H2,1-4H3,(H,29,32). The van der Waals surface area contributed by atoms with Crippen LogP contribution in [0.15, 0.2) is 82.0 Å². The zero-order valence-corrected chi connectivity index (χ0v) is 21.8. The number of thioether (sulfide) groups is 1. The molecule has 1 atom stereocenters. The first-order chi connectivity index (χ1) is 17.4. The SMILES string of the molecule is CCOC(=O)C1=C(C)N=C2SC=C(CC(=O)NC(C)C)N2C1c1cccc(OCc2ccccc2)c1. The van der Waals surface area contributed by atoms with Crippen LogP contribution in [0, 0.1) is 0 Å². The van der Waals surface area contributed by atoms with Gasteiger partial charge >= 0.3 is 5.97 Å². The number of rotatable bonds is 9. The van der Waals surface area contributed by atoms with Gasteiger partial charge in [0.2, 0.25) is 5.91 Å². The van der Waals surface area contributed by atoms with E-state index in [1.807, 2.05) is 85.7 Å². The number of amidine groups is 1. The topological polar surface area (TPSA) is 80.2 Å². The second-order valence-electron chi connectivity index (χ2n) is 8.86. The van der Waals surface area contributed by atoms with E-state index in [1.165, 1.54) is 11.8 Å². The van der Waals surface area contributed by atoms with Gasteiger partial charge in [0.05, 0.1) is 30.3 Å². The number of benzene rings is 2. The van der Waals surface area contributed by atoms with Crippen LogP contribution in [0.2, 0.25) is 0 Å². The van der Waals surface area contributed by atoms with Crippen molar-refractivity contribution in [1.82, 2.24) is 10.2 Å². The number of amides is 1. The second-order valence-corrected chi connectivity index (χ2v) is 9.70. The van der Waals surface area contributed by atoms with Crippen LogP contribution in [0.5, 0.6) is 5.75 Å². The molecule has 1 unspecified atom stereocenters. The number of carbonyl (C=O) groups is 2. The van der Waals surface area contributed by atoms with Crippen molar-refractivity contribution in [3.63, 3.8) is 0 Å². The van der Waals surface area contributed by atoms with E-state index in [9.17, 15) is 9.59 Å². The molecule has 4 rings (SSSR count). The zero-order chi connectivity index (χ0) is 25.7. The minimum absolute atomic E-state index is 0.0353. The number of hydrogen-bond acceptors (Lipinski definition) is 7. The summed E-state index contributed by atoms with van der Waals surface area (Å²) in [7, 11) is 0. The molecule has 0 aromatic heterocycles. The van der Waals surface area contributed by atoms with Gasteiger partial charge in [-0.1, -0.05) is 54.2 Å². The van der Waals surface area contributed by atoms with Gasteiger partial charge in [-0.25, -0.2) is 9.79 Å². The molecule has 2 aromatic carbocycles. The first-order valence-electron chi connectivity index (χ1n) is 12.0. The van der Waals surface area contributed by atoms with Crippen molar-refractivity contribution in [3.05, 3.63) is 88.1 Å². The van der Waals surface area contributed by atoms with Crippen LogP contribution in [0.1, 0.15) is 51.3 Å². The lowest BCUT2D eigenvalue weighted by atomic mass is 9.93. The van der Waals surface area contributed by atoms with E-state index >= 15 is 0 Å². The maximum Gasteiger partial charge on any atom is 0.338 e. The third-order valence-corrected chi connectivity index (χ3v) is 6.60. The van der Waals surface area contributed by atoms with E-state index in [-0.39, 0.29) is 25.0 Å². The van der Waals surface area contributed by atoms with Crippen LogP contribution in [0.25, 0.3) is 0 Å². The molecular formula is C28H31N3O4S. The Hall–Kier alpha value is -3.52. The Kier molecular flexibility index (Phi) is 8.15. The van der Waals surface area contributed by atoms with Gasteiger partial charge < -0.3 is 19.7 Å². The van der Waals surface area contributed by atoms with Gasteiger partial charge in [-0.15, -0.1) is 0 Å². The van der Waals surface area contributed by atoms with Crippen molar-refractivity contribution in [3.8, 4) is 5.75 Å². The Balaban J connectivity index is 1.68. The van der Waals surface area contributed by atoms with Crippen molar-refractivity contribution in [2.75, 3.05) is 6.61 Å². The molecule has 0 aliphatic carbocycles. The summed E-state index contributed by atoms with van der Waals surface area (Å²) in [5, 5.41) is 5.61. The number of esters is 1. The Morgan fingerprint density at radius 2 is 1.92 bits per heavy atom. The summed E-state index contributed by atoms with van der Waals surface area (Å²) in [5.74, 6) is 0.193. The van der Waals surface area contributed by atoms with E-state index < -0.39 is 12.0 Å². The van der Waals surface area contributed by atoms with Gasteiger partial charge in [-0.3, -0.25) is 4.79 Å². The fourth-order valence-electron chi connectivity index (χ4n) is 4.21. The Morgan fingerprint density at radius 3 is 2.64 bits per heavy atom. The molecule has 2 heterocycles. The van der Waals surface area contributed by atoms with Gasteiger partial charge in [0.1, 0.15) is 12.4 Å². The highest BCUT2D eigenvalue weighted by Crippen LogP contribution is 2.45. The Morgan fingerprint density at radius 1 is 1.14 bits per heavy atom. The maximum absolute atomic E-state index is 13.1. The lowest BCUT2D eigenvalue weighted by Crippen LogP contribution is -2.38. The molecule has 7 nitrogen and oxygen atoms in total. The second kappa shape index (κ2) is 11.5. The van der Waals surface area contributed by atoms with Crippen LogP contribution in [0.4, 0.5) is 0 Å². The van der Waals surface area contributed by atoms with Crippen LogP contribution in [-0.4, -0.2) is 34.6 Å². The average molecular weight is 506 g/mol. The fraction of sp³-hybridized carbons (Fsp3) is 0.321. The average Bonchev–Trinajstić information content (AvgIpc) is 3.24. The lowest BCUT2D eigenvalue weighted by Gasteiger charge is -2.36. The minimum Gasteiger partial charge on any atom is -0.489 e. The van der Waals surface area contributed by atoms with Crippen molar-refractivity contribution >= 4 is 28.8 Å². The number of nitrogens with one attached hydrogen (secondary N) is 1. The summed E-state index contributed by atoms with van der Waals surface area (Å²) in [4.78, 5) is 32.4. The van der Waals surface area contributed by atoms with Crippen LogP contribution < -0.4 is 10.1 Å². The Labute approximate surface area is 216 Å². The van der Waals surface area contributed by atoms with Crippen molar-refractivity contribution in [2.24, 2.45) is 4.99 Å². The molecule has 8 heteroatoms. The predicted molar refractivity (Wildman–Crippen MR) is 142 cm³/mol. The smallest absolute Gasteiger partial charge is 0.338 e. The highest BCUT2D eigenvalue weighted by Gasteiger charge is 2.41. The molecule has 1 N–H and O–H groups in total. The van der Waals surface area contributed by atoms with E-state index in [4.69, 9.17) is 14.5 Å². The molecule has 0 saturated heterocycles. The Bertz CT molecular complexity index is 1220. The number of hydrogen-bond donors (Lipinski definition) is 1. The number of fused-ring (bicyclic) bond motifs is 1. The van der Waals surface area contributed by atoms with E-state index in [0.29, 0.717) is 23.6 Å². The number of ether oxygens (including phenoxy) is 2. The zero-order valence-electron chi connectivity index (χ0n) is 21.0. The van der Waals surface area contributed by atoms with Crippen molar-refractivity contribution in [2.45, 2.75) is 52.8 Å². The summed E-state index contributed by atoms with van der Waals surface area (Å²) in [6.45, 7) is 8.15. The van der Waals surface area contributed by atoms with Gasteiger partial charge in [0.25, 0.3) is 0 Å². The third kappa shape index (κ3) is 5.82. The predicted octanol–water partition coefficient (Wildman–Crippen LogP) is 5.32. The molecular weight excluding hydrogens is 474 g/mol. The van der Waals surface area contributed by atoms with Gasteiger partial charge in [-0.05, 0) is 56.4 Å². The first-order valence-corrected chi connectivity index (χ1v) is 12.9. The minimum atomic E-state index is -0.495. The molecule has 2 aromatic rings. The fourth-order valence-corrected chi connectivity index (χ4v) is 5.17. The van der Waals surface area contributed by atoms with Gasteiger partial charge in [0, 0.05) is 11.7 Å². The largest absolute Gasteiger partial charge is 0.489 e. The normalized spacial score (nSPS) is 16.9. The van der Waals surface area contributed by atoms with Crippen LogP contribution in [-0.2, 0) is 20.9 Å². The molecule has 1 amide bonds. The summed E-state index contributed by atoms with van der Waals surface area (Å²) in [6.07, 6.45) is 0.181. The van der Waals surface area contributed by atoms with Crippen molar-refractivity contribution < 1.29 is 19.1 Å². The maximum atomic E-state index is 13.1. The van der Waals surface area contributed by atoms with Gasteiger partial charge in [0.15, 0.2) is 5.17 Å². The monoisotopic (exact) mass is 505 g/mol. The van der Waals surface area contributed by atoms with E-state index in [1.54, 1.807) is 6.92 Å². The van der Waals surface area contributed by atoms with E-state index in [2.05, 4.69) is 5.32 Å². The quantitative estimate of drug-likeness (QED) is 0.465. The van der Waals surface area contributed by atoms with E-state index in [0.717, 1.165) is 22.0 Å². The van der Waals surface area contributed by atoms with Crippen LogP contribution >= 0.6 is 11.8 Å². The molecule has 0 fully saturated rings. The molecule has 188 valence electrons. The molecule has 2 aliphatic rings. The molecule has 0 spiro atoms. The lowest BCUT2D eigenvalue weighted by molar-refractivity contribution is -0.139. The summed E-state index contributed by atoms with van der Waals surface area (Å²) >= 11 is 1.45. The number of nitrogens with zero attached hydrogens (tertiary/aromatic N) is 2. The molecule has 0 bridgehead atoms. The highest BCUT2D eigenvalue weighted by molar-refractivity contribution is 8.16. The van der Waals surface area contributed by atoms with Gasteiger partial charge in [-0.2, -0.15) is 0 Å². The third-order valence-electron chi connectivity index (χ3n) is 5.71. The number of allylic oxidation sites excluding steroid dienone is 1. The molecule has 36 heavy (non-hydrogen) atoms. The van der Waals surface area contributed by atoms with Crippen molar-refractivity contribution in [1.29, 1.82) is 0 Å². The van der Waals surface area contributed by atoms with Crippen LogP contribution in [0.3, 0.4) is 0 Å². The summed E-state index contributed by atoms with van der Waals surface area (Å²) < 4.78 is 11.5.